The molecule has 1 N–H and O–H groups in total. The van der Waals surface area contributed by atoms with Gasteiger partial charge in [-0.05, 0) is 19.3 Å². The molecule has 3 atom stereocenters. The third kappa shape index (κ3) is 2.62. The Balaban J connectivity index is 2.15. The number of hydrogen-bond acceptors (Lipinski definition) is 3. The Morgan fingerprint density at radius 3 is 3.12 bits per heavy atom. The molecule has 2 bridgehead atoms. The molecule has 2 aliphatic rings. The smallest absolute Gasteiger partial charge is 0.240 e. The lowest BCUT2D eigenvalue weighted by molar-refractivity contribution is -0.132. The molecular weight excluding hydrogens is 216 g/mol. The average molecular weight is 236 g/mol. The van der Waals surface area contributed by atoms with E-state index in [1.165, 1.54) is 0 Å². The topological polar surface area (TPSA) is 41.6 Å². The number of ether oxygens (including phenoxy) is 1. The number of amides is 1. The molecule has 2 aliphatic heterocycles. The van der Waals surface area contributed by atoms with Gasteiger partial charge in [-0.2, -0.15) is 0 Å². The Labute approximate surface area is 103 Å². The first-order valence-corrected chi connectivity index (χ1v) is 6.23. The molecule has 94 valence electrons. The van der Waals surface area contributed by atoms with Crippen molar-refractivity contribution in [2.24, 2.45) is 5.92 Å². The molecule has 17 heavy (non-hydrogen) atoms. The summed E-state index contributed by atoms with van der Waals surface area (Å²) in [5.41, 5.74) is 0. The number of carbonyl (C=O) groups excluding carboxylic acids is 1. The number of hydrogen-bond donors (Lipinski definition) is 1. The molecule has 2 heterocycles. The SMILES string of the molecule is C#CCN1C[C@H](COC)[C@H]2CCC[C@H](N2)C1=O. The second-order valence-electron chi connectivity index (χ2n) is 4.89. The van der Waals surface area contributed by atoms with Crippen molar-refractivity contribution in [2.75, 3.05) is 26.8 Å². The van der Waals surface area contributed by atoms with Gasteiger partial charge < -0.3 is 15.0 Å². The molecule has 2 saturated heterocycles. The van der Waals surface area contributed by atoms with E-state index in [0.29, 0.717) is 31.7 Å². The summed E-state index contributed by atoms with van der Waals surface area (Å²) in [6.07, 6.45) is 8.50. The first-order chi connectivity index (χ1) is 8.26. The van der Waals surface area contributed by atoms with Gasteiger partial charge in [-0.1, -0.05) is 5.92 Å². The fourth-order valence-corrected chi connectivity index (χ4v) is 2.89. The van der Waals surface area contributed by atoms with Crippen molar-refractivity contribution in [1.82, 2.24) is 10.2 Å². The van der Waals surface area contributed by atoms with Crippen LogP contribution >= 0.6 is 0 Å². The molecule has 0 aromatic heterocycles. The summed E-state index contributed by atoms with van der Waals surface area (Å²) in [5, 5.41) is 3.45. The van der Waals surface area contributed by atoms with Crippen LogP contribution in [0.15, 0.2) is 0 Å². The minimum Gasteiger partial charge on any atom is -0.384 e. The van der Waals surface area contributed by atoms with Gasteiger partial charge in [0.1, 0.15) is 0 Å². The van der Waals surface area contributed by atoms with E-state index in [1.807, 2.05) is 0 Å². The monoisotopic (exact) mass is 236 g/mol. The van der Waals surface area contributed by atoms with E-state index in [4.69, 9.17) is 11.2 Å². The van der Waals surface area contributed by atoms with Crippen LogP contribution in [0.5, 0.6) is 0 Å². The molecule has 2 rings (SSSR count). The third-order valence-electron chi connectivity index (χ3n) is 3.72. The van der Waals surface area contributed by atoms with E-state index in [2.05, 4.69) is 11.2 Å². The molecule has 4 heteroatoms. The Morgan fingerprint density at radius 1 is 1.59 bits per heavy atom. The molecule has 0 radical (unpaired) electrons. The van der Waals surface area contributed by atoms with Crippen molar-refractivity contribution in [3.8, 4) is 12.3 Å². The highest BCUT2D eigenvalue weighted by molar-refractivity contribution is 5.82. The zero-order valence-corrected chi connectivity index (χ0v) is 10.3. The highest BCUT2D eigenvalue weighted by Crippen LogP contribution is 2.24. The lowest BCUT2D eigenvalue weighted by Crippen LogP contribution is -2.49. The van der Waals surface area contributed by atoms with E-state index in [1.54, 1.807) is 12.0 Å². The van der Waals surface area contributed by atoms with Crippen LogP contribution in [0, 0.1) is 18.3 Å². The van der Waals surface area contributed by atoms with Crippen molar-refractivity contribution in [3.63, 3.8) is 0 Å². The zero-order valence-electron chi connectivity index (χ0n) is 10.3. The Bertz CT molecular complexity index is 324. The van der Waals surface area contributed by atoms with Crippen LogP contribution in [0.3, 0.4) is 0 Å². The predicted octanol–water partition coefficient (Wildman–Crippen LogP) is 0.235. The minimum atomic E-state index is -0.0380. The summed E-state index contributed by atoms with van der Waals surface area (Å²) in [6.45, 7) is 1.80. The maximum atomic E-state index is 12.2. The Morgan fingerprint density at radius 2 is 2.41 bits per heavy atom. The molecule has 0 saturated carbocycles. The minimum absolute atomic E-state index is 0.0380. The number of carbonyl (C=O) groups is 1. The zero-order chi connectivity index (χ0) is 12.3. The van der Waals surface area contributed by atoms with Gasteiger partial charge in [0, 0.05) is 25.6 Å². The van der Waals surface area contributed by atoms with Crippen molar-refractivity contribution in [2.45, 2.75) is 31.3 Å². The fourth-order valence-electron chi connectivity index (χ4n) is 2.89. The van der Waals surface area contributed by atoms with Gasteiger partial charge >= 0.3 is 0 Å². The van der Waals surface area contributed by atoms with E-state index in [0.717, 1.165) is 19.3 Å². The maximum absolute atomic E-state index is 12.2. The van der Waals surface area contributed by atoms with Crippen molar-refractivity contribution in [1.29, 1.82) is 0 Å². The van der Waals surface area contributed by atoms with Gasteiger partial charge in [0.25, 0.3) is 0 Å². The van der Waals surface area contributed by atoms with E-state index in [-0.39, 0.29) is 11.9 Å². The van der Waals surface area contributed by atoms with Crippen molar-refractivity contribution in [3.05, 3.63) is 0 Å². The van der Waals surface area contributed by atoms with Gasteiger partial charge in [0.05, 0.1) is 19.2 Å². The largest absolute Gasteiger partial charge is 0.384 e. The van der Waals surface area contributed by atoms with Gasteiger partial charge in [0.15, 0.2) is 0 Å². The molecule has 0 unspecified atom stereocenters. The second-order valence-corrected chi connectivity index (χ2v) is 4.89. The Hall–Kier alpha value is -1.05. The van der Waals surface area contributed by atoms with Crippen molar-refractivity contribution >= 4 is 5.91 Å². The van der Waals surface area contributed by atoms with Crippen LogP contribution < -0.4 is 5.32 Å². The number of fused-ring (bicyclic) bond motifs is 2. The number of piperidine rings is 1. The Kier molecular flexibility index (Phi) is 4.03. The first kappa shape index (κ1) is 12.4. The fraction of sp³-hybridized carbons (Fsp3) is 0.769. The number of nitrogens with one attached hydrogen (secondary N) is 1. The van der Waals surface area contributed by atoms with Crippen LogP contribution in [0.4, 0.5) is 0 Å². The highest BCUT2D eigenvalue weighted by Gasteiger charge is 2.38. The van der Waals surface area contributed by atoms with E-state index >= 15 is 0 Å². The molecule has 0 aromatic carbocycles. The summed E-state index contributed by atoms with van der Waals surface area (Å²) in [4.78, 5) is 14.0. The summed E-state index contributed by atoms with van der Waals surface area (Å²) in [5.74, 6) is 3.08. The van der Waals surface area contributed by atoms with Gasteiger partial charge in [-0.15, -0.1) is 6.42 Å². The summed E-state index contributed by atoms with van der Waals surface area (Å²) in [7, 11) is 1.71. The van der Waals surface area contributed by atoms with E-state index < -0.39 is 0 Å². The summed E-state index contributed by atoms with van der Waals surface area (Å²) in [6, 6.07) is 0.351. The average Bonchev–Trinajstić information content (AvgIpc) is 2.43. The van der Waals surface area contributed by atoms with Crippen LogP contribution in [-0.2, 0) is 9.53 Å². The second kappa shape index (κ2) is 5.52. The highest BCUT2D eigenvalue weighted by atomic mass is 16.5. The number of methoxy groups -OCH3 is 1. The maximum Gasteiger partial charge on any atom is 0.240 e. The van der Waals surface area contributed by atoms with Gasteiger partial charge in [0.2, 0.25) is 5.91 Å². The summed E-state index contributed by atoms with van der Waals surface area (Å²) < 4.78 is 5.26. The van der Waals surface area contributed by atoms with Gasteiger partial charge in [-0.3, -0.25) is 4.79 Å². The molecule has 1 amide bonds. The number of nitrogens with zero attached hydrogens (tertiary/aromatic N) is 1. The molecule has 0 aromatic rings. The number of rotatable bonds is 3. The van der Waals surface area contributed by atoms with Crippen LogP contribution in [-0.4, -0.2) is 49.7 Å². The summed E-state index contributed by atoms with van der Waals surface area (Å²) >= 11 is 0. The van der Waals surface area contributed by atoms with Gasteiger partial charge in [-0.25, -0.2) is 0 Å². The van der Waals surface area contributed by atoms with Crippen LogP contribution in [0.25, 0.3) is 0 Å². The standard InChI is InChI=1S/C13H20N2O2/c1-3-7-15-8-10(9-17-2)11-5-4-6-12(14-11)13(15)16/h1,10-12,14H,4-9H2,2H3/t10-,11-,12+/m1/s1. The van der Waals surface area contributed by atoms with Crippen molar-refractivity contribution < 1.29 is 9.53 Å². The lowest BCUT2D eigenvalue weighted by Gasteiger charge is -2.30. The quantitative estimate of drug-likeness (QED) is 0.714. The van der Waals surface area contributed by atoms with Crippen LogP contribution in [0.1, 0.15) is 19.3 Å². The van der Waals surface area contributed by atoms with E-state index in [9.17, 15) is 4.79 Å². The first-order valence-electron chi connectivity index (χ1n) is 6.23. The normalized spacial score (nSPS) is 33.1. The van der Waals surface area contributed by atoms with Crippen LogP contribution in [0.2, 0.25) is 0 Å². The number of terminal acetylenes is 1. The molecule has 4 nitrogen and oxygen atoms in total. The molecule has 0 spiro atoms. The predicted molar refractivity (Wildman–Crippen MR) is 65.3 cm³/mol. The third-order valence-corrected chi connectivity index (χ3v) is 3.72. The lowest BCUT2D eigenvalue weighted by atomic mass is 9.91. The molecule has 0 aliphatic carbocycles. The molecule has 2 fully saturated rings. The molecular formula is C13H20N2O2.